The SMILES string of the molecule is COc1cc(/C=C\C(=O)OC[C@@H]2O[C@@H](OC3=Cc4c(O[C@@H]5O[C@H](CO)[C@@H](O)[C@H](O)[C@@H]5O)cc(O)cc4[OH+]C3c3cc(O)c(O)c(O)c3)[C@@H](O[C@@H]3O[C@H](COC(=O)/C=C/c4ccc(O)c(OC)c4)[C@@H](O)[C@H](O)[C@@H]3O)[C@@H](O)[C@@H]2O)ccc1O. The fourth-order valence-corrected chi connectivity index (χ4v) is 8.87. The van der Waals surface area contributed by atoms with Crippen molar-refractivity contribution in [3.05, 3.63) is 101 Å². The highest BCUT2D eigenvalue weighted by Crippen LogP contribution is 2.49. The van der Waals surface area contributed by atoms with E-state index in [1.54, 1.807) is 0 Å². The van der Waals surface area contributed by atoms with Crippen molar-refractivity contribution in [1.29, 1.82) is 0 Å². The van der Waals surface area contributed by atoms with Gasteiger partial charge in [-0.1, -0.05) is 12.1 Å². The van der Waals surface area contributed by atoms with Gasteiger partial charge in [0.25, 0.3) is 11.9 Å². The van der Waals surface area contributed by atoms with Gasteiger partial charge in [0.2, 0.25) is 12.6 Å². The minimum Gasteiger partial charge on any atom is -0.571 e. The molecule has 0 bridgehead atoms. The monoisotopic (exact) mass is 1140 g/mol. The van der Waals surface area contributed by atoms with Crippen molar-refractivity contribution in [3.63, 3.8) is 0 Å². The molecule has 438 valence electrons. The van der Waals surface area contributed by atoms with E-state index in [9.17, 15) is 86.2 Å². The van der Waals surface area contributed by atoms with Gasteiger partial charge in [-0.05, 0) is 59.7 Å². The summed E-state index contributed by atoms with van der Waals surface area (Å²) >= 11 is 0. The fraction of sp³-hybridized carbons (Fsp3) is 0.396. The topological polar surface area (TPSA) is 443 Å². The molecule has 4 aliphatic rings. The molecular weight excluding hydrogens is 1080 g/mol. The Morgan fingerprint density at radius 1 is 0.556 bits per heavy atom. The first-order valence-electron chi connectivity index (χ1n) is 24.6. The average Bonchev–Trinajstić information content (AvgIpc) is 3.63. The molecule has 0 spiro atoms. The molecule has 28 heteroatoms. The Hall–Kier alpha value is -7.68. The highest BCUT2D eigenvalue weighted by molar-refractivity contribution is 5.87. The first kappa shape index (κ1) is 59.4. The summed E-state index contributed by atoms with van der Waals surface area (Å²) in [5, 5.41) is 161. The third kappa shape index (κ3) is 13.2. The molecule has 8 rings (SSSR count). The van der Waals surface area contributed by atoms with Gasteiger partial charge in [-0.2, -0.15) is 0 Å². The lowest BCUT2D eigenvalue weighted by Gasteiger charge is -2.46. The number of hydrogen-bond donors (Lipinski definition) is 15. The molecule has 1 unspecified atom stereocenters. The van der Waals surface area contributed by atoms with Crippen LogP contribution in [0.1, 0.15) is 28.4 Å². The van der Waals surface area contributed by atoms with Gasteiger partial charge in [0.05, 0.1) is 32.5 Å². The Morgan fingerprint density at radius 2 is 1.06 bits per heavy atom. The summed E-state index contributed by atoms with van der Waals surface area (Å²) in [4.78, 5) is 25.9. The maximum absolute atomic E-state index is 13.1. The van der Waals surface area contributed by atoms with Crippen LogP contribution < -0.4 is 14.2 Å². The molecule has 16 N–H and O–H groups in total. The summed E-state index contributed by atoms with van der Waals surface area (Å²) < 4.78 is 61.3. The number of benzene rings is 4. The highest BCUT2D eigenvalue weighted by atomic mass is 16.8. The van der Waals surface area contributed by atoms with Gasteiger partial charge in [0, 0.05) is 24.3 Å². The van der Waals surface area contributed by atoms with E-state index in [1.165, 1.54) is 68.8 Å². The fourth-order valence-electron chi connectivity index (χ4n) is 8.87. The number of carbonyl (C=O) groups is 2. The largest absolute Gasteiger partial charge is 0.571 e. The van der Waals surface area contributed by atoms with Crippen LogP contribution in [-0.4, -0.2) is 219 Å². The second-order valence-corrected chi connectivity index (χ2v) is 18.7. The van der Waals surface area contributed by atoms with E-state index in [0.717, 1.165) is 36.4 Å². The number of aromatic hydroxyl groups is 7. The quantitative estimate of drug-likeness (QED) is 0.0236. The number of hydrogen-bond acceptors (Lipinski definition) is 27. The molecule has 4 aromatic rings. The Bertz CT molecular complexity index is 2960. The van der Waals surface area contributed by atoms with E-state index in [1.807, 2.05) is 0 Å². The van der Waals surface area contributed by atoms with Crippen LogP contribution in [0.2, 0.25) is 0 Å². The van der Waals surface area contributed by atoms with Gasteiger partial charge in [-0.15, -0.1) is 0 Å². The lowest BCUT2D eigenvalue weighted by atomic mass is 9.97. The van der Waals surface area contributed by atoms with Crippen LogP contribution in [0.15, 0.2) is 78.6 Å². The van der Waals surface area contributed by atoms with Crippen LogP contribution in [0.25, 0.3) is 18.2 Å². The number of fused-ring (bicyclic) bond motifs is 1. The number of aliphatic hydroxyl groups excluding tert-OH is 9. The van der Waals surface area contributed by atoms with Crippen molar-refractivity contribution in [2.45, 2.75) is 98.2 Å². The van der Waals surface area contributed by atoms with Gasteiger partial charge in [0.15, 0.2) is 58.4 Å². The van der Waals surface area contributed by atoms with Crippen molar-refractivity contribution in [3.8, 4) is 57.5 Å². The zero-order chi connectivity index (χ0) is 58.6. The van der Waals surface area contributed by atoms with Gasteiger partial charge in [0.1, 0.15) is 97.4 Å². The van der Waals surface area contributed by atoms with Gasteiger partial charge < -0.3 is 129 Å². The molecule has 81 heavy (non-hydrogen) atoms. The van der Waals surface area contributed by atoms with Gasteiger partial charge in [-0.3, -0.25) is 0 Å². The van der Waals surface area contributed by atoms with Gasteiger partial charge >= 0.3 is 11.9 Å². The smallest absolute Gasteiger partial charge is 0.330 e. The molecule has 3 saturated heterocycles. The van der Waals surface area contributed by atoms with E-state index in [4.69, 9.17) is 47.4 Å². The number of carbonyl (C=O) groups excluding carboxylic acids is 2. The molecular formula is C53H59O28+. The minimum absolute atomic E-state index is 0.0932. The molecule has 3 fully saturated rings. The highest BCUT2D eigenvalue weighted by Gasteiger charge is 2.53. The van der Waals surface area contributed by atoms with Crippen LogP contribution in [0.5, 0.6) is 57.5 Å². The van der Waals surface area contributed by atoms with E-state index in [-0.39, 0.29) is 45.6 Å². The number of esters is 2. The summed E-state index contributed by atoms with van der Waals surface area (Å²) in [6, 6.07) is 12.4. The Kier molecular flexibility index (Phi) is 18.6. The van der Waals surface area contributed by atoms with Crippen LogP contribution in [0.4, 0.5) is 0 Å². The summed E-state index contributed by atoms with van der Waals surface area (Å²) in [5.74, 6) is -6.22. The first-order chi connectivity index (χ1) is 38.6. The third-order valence-electron chi connectivity index (χ3n) is 13.3. The molecule has 0 aromatic heterocycles. The maximum atomic E-state index is 13.1. The van der Waals surface area contributed by atoms with Crippen molar-refractivity contribution in [2.75, 3.05) is 34.0 Å². The van der Waals surface area contributed by atoms with Crippen LogP contribution >= 0.6 is 0 Å². The van der Waals surface area contributed by atoms with Crippen molar-refractivity contribution >= 4 is 30.2 Å². The first-order valence-corrected chi connectivity index (χ1v) is 24.6. The second-order valence-electron chi connectivity index (χ2n) is 18.7. The normalized spacial score (nSPS) is 30.2. The van der Waals surface area contributed by atoms with Crippen molar-refractivity contribution in [1.82, 2.24) is 0 Å². The minimum atomic E-state index is -2.19. The van der Waals surface area contributed by atoms with Crippen LogP contribution in [0, 0.1) is 0 Å². The third-order valence-corrected chi connectivity index (χ3v) is 13.3. The number of rotatable bonds is 18. The molecule has 4 aromatic carbocycles. The van der Waals surface area contributed by atoms with Gasteiger partial charge in [-0.25, -0.2) is 9.59 Å². The Morgan fingerprint density at radius 3 is 1.60 bits per heavy atom. The molecule has 0 aliphatic carbocycles. The zero-order valence-corrected chi connectivity index (χ0v) is 42.6. The number of phenols is 6. The van der Waals surface area contributed by atoms with Crippen LogP contribution in [-0.2, 0) is 42.7 Å². The van der Waals surface area contributed by atoms with E-state index in [2.05, 4.69) is 4.74 Å². The zero-order valence-electron chi connectivity index (χ0n) is 42.6. The molecule has 4 heterocycles. The summed E-state index contributed by atoms with van der Waals surface area (Å²) in [5.41, 5.74) is 0.546. The number of methoxy groups -OCH3 is 2. The number of aliphatic hydroxyl groups is 10. The molecule has 16 atom stereocenters. The standard InChI is InChI=1S/C53H58O28/c1-71-32-11-21(3-7-26(32)56)5-9-38(60)73-19-36-42(64)45(67)48(70)52(79-36)81-50-46(68)43(65)37(20-74-39(61)10-6-22-4-8-27(57)33(12-22)72-2)80-53(50)77-34-17-25-30(75-49(34)23-13-28(58)40(62)29(59)14-23)15-24(55)16-31(25)76-51-47(69)44(66)41(63)35(18-54)78-51/h3-17,35-37,41-59,62-70H,18-20H2,1-2H3/p+1/b9-5+,10-6-/t35-,36-,37+,41-,42-,43-,44+,45+,46+,47+,48+,49?,50+,51-,52+,53-/m1/s1. The predicted octanol–water partition coefficient (Wildman–Crippen LogP) is -1.38. The second kappa shape index (κ2) is 25.4. The van der Waals surface area contributed by atoms with E-state index < -0.39 is 159 Å². The predicted molar refractivity (Wildman–Crippen MR) is 269 cm³/mol. The number of ether oxygens (including phenoxy) is 11. The van der Waals surface area contributed by atoms with E-state index >= 15 is 0 Å². The molecule has 4 aliphatic heterocycles. The molecule has 0 saturated carbocycles. The number of phenolic OH excluding ortho intramolecular Hbond substituents is 6. The molecule has 28 nitrogen and oxygen atoms in total. The Labute approximate surface area is 458 Å². The molecule has 0 radical (unpaired) electrons. The average molecular weight is 1140 g/mol. The summed E-state index contributed by atoms with van der Waals surface area (Å²) in [6.45, 7) is -2.45. The Balaban J connectivity index is 1.12. The lowest BCUT2D eigenvalue weighted by Crippen LogP contribution is -2.64. The van der Waals surface area contributed by atoms with Crippen LogP contribution in [0.3, 0.4) is 0 Å². The summed E-state index contributed by atoms with van der Waals surface area (Å²) in [7, 11) is 2.64. The summed E-state index contributed by atoms with van der Waals surface area (Å²) in [6.07, 6.45) is -24.9. The van der Waals surface area contributed by atoms with Crippen molar-refractivity contribution in [2.24, 2.45) is 0 Å². The molecule has 0 amide bonds. The van der Waals surface area contributed by atoms with E-state index in [0.29, 0.717) is 11.1 Å². The maximum Gasteiger partial charge on any atom is 0.330 e. The lowest BCUT2D eigenvalue weighted by molar-refractivity contribution is -0.364. The van der Waals surface area contributed by atoms with Crippen molar-refractivity contribution < 1.29 is 138 Å².